The summed E-state index contributed by atoms with van der Waals surface area (Å²) in [6, 6.07) is 4.01. The Bertz CT molecular complexity index is 984. The van der Waals surface area contributed by atoms with Crippen LogP contribution in [0.4, 0.5) is 0 Å². The number of nitrogens with zero attached hydrogens (tertiary/aromatic N) is 2. The van der Waals surface area contributed by atoms with Crippen LogP contribution in [0, 0.1) is 5.92 Å². The number of hydrogen-bond donors (Lipinski definition) is 3. The first-order valence-corrected chi connectivity index (χ1v) is 13.6. The number of hydrogen-bond acceptors (Lipinski definition) is 6. The average Bonchev–Trinajstić information content (AvgIpc) is 3.42. The maximum Gasteiger partial charge on any atom is 0.246 e. The van der Waals surface area contributed by atoms with E-state index in [9.17, 15) is 24.3 Å². The van der Waals surface area contributed by atoms with Crippen molar-refractivity contribution < 1.29 is 29.0 Å². The van der Waals surface area contributed by atoms with Crippen molar-refractivity contribution in [3.05, 3.63) is 29.8 Å². The lowest BCUT2D eigenvalue weighted by Gasteiger charge is -2.37. The minimum absolute atomic E-state index is 0.0187. The van der Waals surface area contributed by atoms with E-state index in [1.165, 1.54) is 4.90 Å². The molecule has 0 unspecified atom stereocenters. The number of carbonyl (C=O) groups excluding carboxylic acids is 4. The monoisotopic (exact) mass is 530 g/mol. The number of unbranched alkanes of at least 4 members (excludes halogenated alkanes) is 1. The van der Waals surface area contributed by atoms with E-state index < -0.39 is 30.1 Å². The normalized spacial score (nSPS) is 25.7. The molecule has 5 atom stereocenters. The van der Waals surface area contributed by atoms with Crippen LogP contribution in [0.15, 0.2) is 24.3 Å². The van der Waals surface area contributed by atoms with Gasteiger partial charge in [-0.15, -0.1) is 0 Å². The highest BCUT2D eigenvalue weighted by Gasteiger charge is 2.42. The van der Waals surface area contributed by atoms with Gasteiger partial charge in [0.25, 0.3) is 0 Å². The molecule has 210 valence electrons. The number of likely N-dealkylation sites (N-methyl/N-ethyl adjacent to an activating group) is 1. The lowest BCUT2D eigenvalue weighted by atomic mass is 9.95. The first kappa shape index (κ1) is 29.4. The fourth-order valence-electron chi connectivity index (χ4n) is 5.19. The number of fused-ring (bicyclic) bond motifs is 1. The second-order valence-electron chi connectivity index (χ2n) is 10.4. The lowest BCUT2D eigenvalue weighted by molar-refractivity contribution is -0.148. The minimum atomic E-state index is -0.902. The molecule has 3 N–H and O–H groups in total. The molecule has 4 amide bonds. The SMILES string of the molecule is CC[C@H](C)[C@@H]1NC(=O)[C@@H](Cc2ccc(OC)cc2)N(C)C(=O)[C@H](CCCCO)NC(=O)[C@H]2CCCN2C1=O. The van der Waals surface area contributed by atoms with Gasteiger partial charge >= 0.3 is 0 Å². The molecule has 2 saturated heterocycles. The summed E-state index contributed by atoms with van der Waals surface area (Å²) in [6.07, 6.45) is 3.40. The third-order valence-electron chi connectivity index (χ3n) is 7.84. The molecule has 0 bridgehead atoms. The second-order valence-corrected chi connectivity index (χ2v) is 10.4. The molecule has 1 aromatic rings. The van der Waals surface area contributed by atoms with E-state index in [-0.39, 0.29) is 36.7 Å². The standard InChI is InChI=1S/C28H42N4O6/c1-5-18(2)24-28(37)32-15-8-10-22(32)25(34)29-21(9-6-7-16-33)27(36)31(3)23(26(35)30-24)17-19-11-13-20(38-4)14-12-19/h11-14,18,21-24,33H,5-10,15-17H2,1-4H3,(H,29,34)(H,30,35)/t18-,21-,22+,23+,24-/m0/s1. The van der Waals surface area contributed by atoms with Crippen molar-refractivity contribution in [2.75, 3.05) is 27.3 Å². The van der Waals surface area contributed by atoms with Crippen LogP contribution in [0.3, 0.4) is 0 Å². The third-order valence-corrected chi connectivity index (χ3v) is 7.84. The molecule has 3 rings (SSSR count). The largest absolute Gasteiger partial charge is 0.497 e. The summed E-state index contributed by atoms with van der Waals surface area (Å²) in [4.78, 5) is 57.6. The molecular formula is C28H42N4O6. The van der Waals surface area contributed by atoms with Gasteiger partial charge in [-0.05, 0) is 55.7 Å². The van der Waals surface area contributed by atoms with E-state index in [0.717, 1.165) is 5.56 Å². The molecule has 38 heavy (non-hydrogen) atoms. The van der Waals surface area contributed by atoms with Gasteiger partial charge in [-0.2, -0.15) is 0 Å². The van der Waals surface area contributed by atoms with Crippen molar-refractivity contribution in [3.63, 3.8) is 0 Å². The van der Waals surface area contributed by atoms with Crippen molar-refractivity contribution in [2.24, 2.45) is 5.92 Å². The highest BCUT2D eigenvalue weighted by molar-refractivity contribution is 5.98. The van der Waals surface area contributed by atoms with Gasteiger partial charge in [0.2, 0.25) is 23.6 Å². The Balaban J connectivity index is 2.00. The van der Waals surface area contributed by atoms with Gasteiger partial charge in [0.1, 0.15) is 29.9 Å². The van der Waals surface area contributed by atoms with Crippen LogP contribution >= 0.6 is 0 Å². The predicted molar refractivity (Wildman–Crippen MR) is 142 cm³/mol. The summed E-state index contributed by atoms with van der Waals surface area (Å²) < 4.78 is 5.24. The molecule has 10 heteroatoms. The minimum Gasteiger partial charge on any atom is -0.497 e. The highest BCUT2D eigenvalue weighted by Crippen LogP contribution is 2.24. The van der Waals surface area contributed by atoms with E-state index in [1.807, 2.05) is 26.0 Å². The summed E-state index contributed by atoms with van der Waals surface area (Å²) in [5.41, 5.74) is 0.824. The van der Waals surface area contributed by atoms with Crippen LogP contribution in [0.1, 0.15) is 57.9 Å². The number of ether oxygens (including phenoxy) is 1. The number of aliphatic hydroxyl groups is 1. The van der Waals surface area contributed by atoms with Crippen LogP contribution in [0.25, 0.3) is 0 Å². The maximum atomic E-state index is 13.8. The van der Waals surface area contributed by atoms with Gasteiger partial charge in [-0.3, -0.25) is 19.2 Å². The summed E-state index contributed by atoms with van der Waals surface area (Å²) in [5.74, 6) is -0.884. The number of amides is 4. The zero-order valence-electron chi connectivity index (χ0n) is 22.9. The van der Waals surface area contributed by atoms with Crippen LogP contribution in [0.5, 0.6) is 5.75 Å². The maximum absolute atomic E-state index is 13.8. The number of rotatable bonds is 9. The van der Waals surface area contributed by atoms with Gasteiger partial charge < -0.3 is 30.3 Å². The molecule has 0 saturated carbocycles. The molecule has 0 radical (unpaired) electrons. The lowest BCUT2D eigenvalue weighted by Crippen LogP contribution is -2.62. The summed E-state index contributed by atoms with van der Waals surface area (Å²) in [7, 11) is 3.14. The predicted octanol–water partition coefficient (Wildman–Crippen LogP) is 1.25. The first-order chi connectivity index (χ1) is 18.2. The fraction of sp³-hybridized carbons (Fsp3) is 0.643. The molecule has 0 aromatic heterocycles. The van der Waals surface area contributed by atoms with Crippen LogP contribution in [-0.2, 0) is 25.6 Å². The Kier molecular flexibility index (Phi) is 10.5. The Hall–Kier alpha value is -3.14. The van der Waals surface area contributed by atoms with Crippen LogP contribution < -0.4 is 15.4 Å². The van der Waals surface area contributed by atoms with Gasteiger partial charge in [-0.25, -0.2) is 0 Å². The molecule has 2 aliphatic heterocycles. The summed E-state index contributed by atoms with van der Waals surface area (Å²) >= 11 is 0. The molecule has 2 heterocycles. The fourth-order valence-corrected chi connectivity index (χ4v) is 5.19. The van der Waals surface area contributed by atoms with Crippen LogP contribution in [0.2, 0.25) is 0 Å². The number of benzene rings is 1. The zero-order chi connectivity index (χ0) is 27.8. The average molecular weight is 531 g/mol. The highest BCUT2D eigenvalue weighted by atomic mass is 16.5. The molecule has 0 spiro atoms. The molecule has 0 aliphatic carbocycles. The molecule has 1 aromatic carbocycles. The number of carbonyl (C=O) groups is 4. The zero-order valence-corrected chi connectivity index (χ0v) is 22.9. The van der Waals surface area contributed by atoms with Crippen molar-refractivity contribution in [1.82, 2.24) is 20.4 Å². The van der Waals surface area contributed by atoms with E-state index in [2.05, 4.69) is 10.6 Å². The van der Waals surface area contributed by atoms with Crippen molar-refractivity contribution in [1.29, 1.82) is 0 Å². The Morgan fingerprint density at radius 1 is 1.05 bits per heavy atom. The van der Waals surface area contributed by atoms with E-state index in [1.54, 1.807) is 31.2 Å². The van der Waals surface area contributed by atoms with E-state index in [0.29, 0.717) is 50.8 Å². The van der Waals surface area contributed by atoms with Crippen molar-refractivity contribution in [3.8, 4) is 5.75 Å². The van der Waals surface area contributed by atoms with Gasteiger partial charge in [0, 0.05) is 26.6 Å². The van der Waals surface area contributed by atoms with Crippen LogP contribution in [-0.4, -0.2) is 90.0 Å². The summed E-state index contributed by atoms with van der Waals surface area (Å²) in [6.45, 7) is 4.27. The second kappa shape index (κ2) is 13.6. The van der Waals surface area contributed by atoms with Crippen molar-refractivity contribution in [2.45, 2.75) is 83.0 Å². The Labute approximate surface area is 225 Å². The van der Waals surface area contributed by atoms with Gasteiger partial charge in [0.15, 0.2) is 0 Å². The number of nitrogens with one attached hydrogen (secondary N) is 2. The van der Waals surface area contributed by atoms with Crippen molar-refractivity contribution >= 4 is 23.6 Å². The molecule has 2 fully saturated rings. The van der Waals surface area contributed by atoms with E-state index in [4.69, 9.17) is 4.74 Å². The van der Waals surface area contributed by atoms with Gasteiger partial charge in [-0.1, -0.05) is 32.4 Å². The number of methoxy groups -OCH3 is 1. The quantitative estimate of drug-likeness (QED) is 0.412. The topological polar surface area (TPSA) is 128 Å². The first-order valence-electron chi connectivity index (χ1n) is 13.6. The summed E-state index contributed by atoms with van der Waals surface area (Å²) in [5, 5.41) is 15.1. The van der Waals surface area contributed by atoms with Gasteiger partial charge in [0.05, 0.1) is 7.11 Å². The smallest absolute Gasteiger partial charge is 0.246 e. The number of aliphatic hydroxyl groups excluding tert-OH is 1. The van der Waals surface area contributed by atoms with E-state index >= 15 is 0 Å². The molecular weight excluding hydrogens is 488 g/mol. The molecule has 10 nitrogen and oxygen atoms in total. The Morgan fingerprint density at radius 3 is 2.39 bits per heavy atom. The Morgan fingerprint density at radius 2 is 1.76 bits per heavy atom. The third kappa shape index (κ3) is 6.83. The molecule has 2 aliphatic rings.